The van der Waals surface area contributed by atoms with Gasteiger partial charge in [0.15, 0.2) is 0 Å². The van der Waals surface area contributed by atoms with Crippen molar-refractivity contribution in [1.29, 1.82) is 0 Å². The Morgan fingerprint density at radius 2 is 1.89 bits per heavy atom. The van der Waals surface area contributed by atoms with Crippen molar-refractivity contribution in [1.82, 2.24) is 5.32 Å². The lowest BCUT2D eigenvalue weighted by Gasteiger charge is -2.31. The molecule has 1 aliphatic rings. The van der Waals surface area contributed by atoms with Gasteiger partial charge in [-0.3, -0.25) is 0 Å². The summed E-state index contributed by atoms with van der Waals surface area (Å²) in [6, 6.07) is 11.5. The molecule has 2 heteroatoms. The van der Waals surface area contributed by atoms with Crippen LogP contribution in [0, 0.1) is 5.92 Å². The van der Waals surface area contributed by atoms with Crippen LogP contribution in [0.4, 0.5) is 0 Å². The summed E-state index contributed by atoms with van der Waals surface area (Å²) in [6.45, 7) is 3.42. The summed E-state index contributed by atoms with van der Waals surface area (Å²) in [7, 11) is 0. The average molecular weight is 277 g/mol. The van der Waals surface area contributed by atoms with Gasteiger partial charge in [-0.15, -0.1) is 11.8 Å². The van der Waals surface area contributed by atoms with Crippen LogP contribution >= 0.6 is 11.8 Å². The molecule has 1 aromatic carbocycles. The monoisotopic (exact) mass is 277 g/mol. The maximum absolute atomic E-state index is 3.79. The van der Waals surface area contributed by atoms with Gasteiger partial charge in [0.1, 0.15) is 0 Å². The number of nitrogens with one attached hydrogen (secondary N) is 1. The maximum Gasteiger partial charge on any atom is 0.0189 e. The highest BCUT2D eigenvalue weighted by Gasteiger charge is 2.23. The largest absolute Gasteiger partial charge is 0.313 e. The molecular weight excluding hydrogens is 250 g/mol. The average Bonchev–Trinajstić information content (AvgIpc) is 2.49. The summed E-state index contributed by atoms with van der Waals surface area (Å²) < 4.78 is 0. The van der Waals surface area contributed by atoms with E-state index in [9.17, 15) is 0 Å². The Labute approximate surface area is 122 Å². The van der Waals surface area contributed by atoms with Gasteiger partial charge in [0, 0.05) is 16.7 Å². The number of thioether (sulfide) groups is 1. The number of hydrogen-bond donors (Lipinski definition) is 1. The molecule has 0 spiro atoms. The normalized spacial score (nSPS) is 18.4. The molecule has 0 radical (unpaired) electrons. The van der Waals surface area contributed by atoms with Crippen LogP contribution < -0.4 is 5.32 Å². The highest BCUT2D eigenvalue weighted by Crippen LogP contribution is 2.29. The molecule has 1 nitrogen and oxygen atoms in total. The van der Waals surface area contributed by atoms with Gasteiger partial charge in [0.05, 0.1) is 0 Å². The van der Waals surface area contributed by atoms with Gasteiger partial charge in [-0.05, 0) is 43.9 Å². The molecule has 0 aliphatic heterocycles. The molecule has 0 saturated heterocycles. The first-order chi connectivity index (χ1) is 9.40. The Hall–Kier alpha value is -0.470. The van der Waals surface area contributed by atoms with Crippen molar-refractivity contribution in [3.05, 3.63) is 30.3 Å². The molecule has 0 bridgehead atoms. The van der Waals surface area contributed by atoms with Crippen LogP contribution in [-0.2, 0) is 0 Å². The predicted octanol–water partition coefficient (Wildman–Crippen LogP) is 4.73. The van der Waals surface area contributed by atoms with E-state index >= 15 is 0 Å². The van der Waals surface area contributed by atoms with Crippen LogP contribution in [-0.4, -0.2) is 18.3 Å². The number of rotatable bonds is 7. The summed E-state index contributed by atoms with van der Waals surface area (Å²) in [5, 5.41) is 3.79. The minimum atomic E-state index is 0.699. The lowest BCUT2D eigenvalue weighted by Crippen LogP contribution is -2.39. The van der Waals surface area contributed by atoms with E-state index in [1.807, 2.05) is 11.8 Å². The van der Waals surface area contributed by atoms with Crippen LogP contribution in [0.3, 0.4) is 0 Å². The minimum Gasteiger partial charge on any atom is -0.313 e. The molecular formula is C17H27NS. The van der Waals surface area contributed by atoms with E-state index in [-0.39, 0.29) is 0 Å². The minimum absolute atomic E-state index is 0.699. The van der Waals surface area contributed by atoms with Gasteiger partial charge in [-0.2, -0.15) is 0 Å². The fourth-order valence-electron chi connectivity index (χ4n) is 2.93. The zero-order valence-corrected chi connectivity index (χ0v) is 12.9. The van der Waals surface area contributed by atoms with Crippen LogP contribution in [0.15, 0.2) is 35.2 Å². The number of benzene rings is 1. The van der Waals surface area contributed by atoms with Crippen molar-refractivity contribution < 1.29 is 0 Å². The van der Waals surface area contributed by atoms with E-state index in [1.165, 1.54) is 49.2 Å². The summed E-state index contributed by atoms with van der Waals surface area (Å²) >= 11 is 2.01. The second-order valence-corrected chi connectivity index (χ2v) is 6.68. The molecule has 1 atom stereocenters. The molecule has 1 saturated carbocycles. The van der Waals surface area contributed by atoms with E-state index < -0.39 is 0 Å². The quantitative estimate of drug-likeness (QED) is 0.723. The molecule has 1 aliphatic carbocycles. The molecule has 1 aromatic rings. The Morgan fingerprint density at radius 1 is 1.16 bits per heavy atom. The van der Waals surface area contributed by atoms with Crippen molar-refractivity contribution in [3.8, 4) is 0 Å². The van der Waals surface area contributed by atoms with E-state index in [0.717, 1.165) is 12.5 Å². The van der Waals surface area contributed by atoms with Crippen molar-refractivity contribution >= 4 is 11.8 Å². The molecule has 106 valence electrons. The van der Waals surface area contributed by atoms with Gasteiger partial charge in [0.25, 0.3) is 0 Å². The van der Waals surface area contributed by atoms with Gasteiger partial charge in [-0.25, -0.2) is 0 Å². The van der Waals surface area contributed by atoms with Crippen LogP contribution in [0.1, 0.15) is 45.4 Å². The highest BCUT2D eigenvalue weighted by atomic mass is 32.2. The van der Waals surface area contributed by atoms with Crippen LogP contribution in [0.25, 0.3) is 0 Å². The van der Waals surface area contributed by atoms with Crippen LogP contribution in [0.5, 0.6) is 0 Å². The zero-order valence-electron chi connectivity index (χ0n) is 12.1. The Kier molecular flexibility index (Phi) is 6.80. The topological polar surface area (TPSA) is 12.0 Å². The van der Waals surface area contributed by atoms with E-state index in [2.05, 4.69) is 42.6 Å². The van der Waals surface area contributed by atoms with Crippen LogP contribution in [0.2, 0.25) is 0 Å². The molecule has 0 aromatic heterocycles. The fourth-order valence-corrected chi connectivity index (χ4v) is 4.04. The van der Waals surface area contributed by atoms with Gasteiger partial charge in [0.2, 0.25) is 0 Å². The van der Waals surface area contributed by atoms with E-state index in [0.29, 0.717) is 6.04 Å². The molecule has 1 N–H and O–H groups in total. The Morgan fingerprint density at radius 3 is 2.58 bits per heavy atom. The third-order valence-electron chi connectivity index (χ3n) is 4.05. The van der Waals surface area contributed by atoms with Crippen molar-refractivity contribution in [3.63, 3.8) is 0 Å². The summed E-state index contributed by atoms with van der Waals surface area (Å²) in [5.74, 6) is 2.12. The molecule has 0 amide bonds. The predicted molar refractivity (Wildman–Crippen MR) is 85.8 cm³/mol. The molecule has 2 rings (SSSR count). The van der Waals surface area contributed by atoms with E-state index in [1.54, 1.807) is 0 Å². The lowest BCUT2D eigenvalue weighted by molar-refractivity contribution is 0.285. The van der Waals surface area contributed by atoms with E-state index in [4.69, 9.17) is 0 Å². The first-order valence-corrected chi connectivity index (χ1v) is 8.80. The first-order valence-electron chi connectivity index (χ1n) is 7.81. The molecule has 19 heavy (non-hydrogen) atoms. The third-order valence-corrected chi connectivity index (χ3v) is 5.18. The van der Waals surface area contributed by atoms with Crippen molar-refractivity contribution in [2.75, 3.05) is 12.3 Å². The smallest absolute Gasteiger partial charge is 0.0189 e. The molecule has 1 fully saturated rings. The second-order valence-electron chi connectivity index (χ2n) is 5.58. The van der Waals surface area contributed by atoms with Crippen molar-refractivity contribution in [2.45, 2.75) is 56.4 Å². The summed E-state index contributed by atoms with van der Waals surface area (Å²) in [4.78, 5) is 1.40. The number of hydrogen-bond acceptors (Lipinski definition) is 2. The maximum atomic E-state index is 3.79. The SMILES string of the molecule is CCCNC(CSc1ccccc1)C1CCCCC1. The highest BCUT2D eigenvalue weighted by molar-refractivity contribution is 7.99. The fraction of sp³-hybridized carbons (Fsp3) is 0.647. The lowest BCUT2D eigenvalue weighted by atomic mass is 9.84. The Bertz CT molecular complexity index is 332. The van der Waals surface area contributed by atoms with Crippen molar-refractivity contribution in [2.24, 2.45) is 5.92 Å². The first kappa shape index (κ1) is 14.9. The Balaban J connectivity index is 1.85. The summed E-state index contributed by atoms with van der Waals surface area (Å²) in [6.07, 6.45) is 8.41. The standard InChI is InChI=1S/C17H27NS/c1-2-13-18-17(15-9-5-3-6-10-15)14-19-16-11-7-4-8-12-16/h4,7-8,11-12,15,17-18H,2-3,5-6,9-10,13-14H2,1H3. The summed E-state index contributed by atoms with van der Waals surface area (Å²) in [5.41, 5.74) is 0. The zero-order chi connectivity index (χ0) is 13.3. The third kappa shape index (κ3) is 5.19. The van der Waals surface area contributed by atoms with Gasteiger partial charge >= 0.3 is 0 Å². The second kappa shape index (κ2) is 8.65. The van der Waals surface area contributed by atoms with Gasteiger partial charge < -0.3 is 5.32 Å². The molecule has 1 unspecified atom stereocenters. The van der Waals surface area contributed by atoms with Gasteiger partial charge in [-0.1, -0.05) is 44.4 Å². The molecule has 0 heterocycles.